The largest absolute Gasteiger partial charge is 0.393 e. The van der Waals surface area contributed by atoms with Gasteiger partial charge in [0.1, 0.15) is 0 Å². The van der Waals surface area contributed by atoms with Crippen LogP contribution in [-0.2, 0) is 4.79 Å². The van der Waals surface area contributed by atoms with E-state index in [1.807, 2.05) is 9.80 Å². The molecule has 2 saturated heterocycles. The number of aromatic nitrogens is 1. The van der Waals surface area contributed by atoms with Gasteiger partial charge in [0.15, 0.2) is 11.6 Å². The SMILES string of the molecule is O=C1N([C@H]2CC[C@@H](O)CC2)CC[C@]12CCCN(c1ncc(Br)cc1F)C2. The summed E-state index contributed by atoms with van der Waals surface area (Å²) in [5.41, 5.74) is -0.407. The molecule has 1 spiro atoms. The van der Waals surface area contributed by atoms with E-state index in [2.05, 4.69) is 20.9 Å². The van der Waals surface area contributed by atoms with E-state index in [4.69, 9.17) is 0 Å². The summed E-state index contributed by atoms with van der Waals surface area (Å²) < 4.78 is 15.0. The molecule has 26 heavy (non-hydrogen) atoms. The molecule has 142 valence electrons. The van der Waals surface area contributed by atoms with E-state index < -0.39 is 5.41 Å². The van der Waals surface area contributed by atoms with Gasteiger partial charge in [-0.15, -0.1) is 0 Å². The molecule has 3 heterocycles. The van der Waals surface area contributed by atoms with E-state index in [-0.39, 0.29) is 23.9 Å². The van der Waals surface area contributed by atoms with E-state index >= 15 is 0 Å². The minimum atomic E-state index is -0.407. The van der Waals surface area contributed by atoms with E-state index in [0.29, 0.717) is 16.8 Å². The number of nitrogens with zero attached hydrogens (tertiary/aromatic N) is 3. The van der Waals surface area contributed by atoms with Gasteiger partial charge >= 0.3 is 0 Å². The Labute approximate surface area is 161 Å². The summed E-state index contributed by atoms with van der Waals surface area (Å²) in [6.45, 7) is 2.06. The van der Waals surface area contributed by atoms with Crippen molar-refractivity contribution in [3.63, 3.8) is 0 Å². The quantitative estimate of drug-likeness (QED) is 0.790. The van der Waals surface area contributed by atoms with Crippen molar-refractivity contribution in [2.45, 2.75) is 57.1 Å². The number of hydrogen-bond donors (Lipinski definition) is 1. The van der Waals surface area contributed by atoms with Crippen molar-refractivity contribution in [2.24, 2.45) is 5.41 Å². The Bertz CT molecular complexity index is 695. The van der Waals surface area contributed by atoms with E-state index in [1.165, 1.54) is 6.07 Å². The number of halogens is 2. The van der Waals surface area contributed by atoms with Crippen molar-refractivity contribution in [3.05, 3.63) is 22.6 Å². The molecule has 0 unspecified atom stereocenters. The lowest BCUT2D eigenvalue weighted by atomic mass is 9.78. The van der Waals surface area contributed by atoms with Gasteiger partial charge in [0.2, 0.25) is 5.91 Å². The van der Waals surface area contributed by atoms with Crippen LogP contribution in [0.1, 0.15) is 44.9 Å². The molecule has 0 radical (unpaired) electrons. The number of aliphatic hydroxyl groups is 1. The second-order valence-electron chi connectivity index (χ2n) is 7.98. The number of carbonyl (C=O) groups is 1. The summed E-state index contributed by atoms with van der Waals surface area (Å²) in [4.78, 5) is 21.5. The van der Waals surface area contributed by atoms with Gasteiger partial charge in [-0.25, -0.2) is 9.37 Å². The van der Waals surface area contributed by atoms with Crippen molar-refractivity contribution in [3.8, 4) is 0 Å². The number of carbonyl (C=O) groups excluding carboxylic acids is 1. The lowest BCUT2D eigenvalue weighted by Crippen LogP contribution is -2.50. The lowest BCUT2D eigenvalue weighted by molar-refractivity contribution is -0.139. The minimum Gasteiger partial charge on any atom is -0.393 e. The molecule has 0 bridgehead atoms. The second kappa shape index (κ2) is 7.08. The predicted octanol–water partition coefficient (Wildman–Crippen LogP) is 3.11. The summed E-state index contributed by atoms with van der Waals surface area (Å²) in [5, 5.41) is 9.73. The van der Waals surface area contributed by atoms with Crippen LogP contribution in [0.2, 0.25) is 0 Å². The summed E-state index contributed by atoms with van der Waals surface area (Å²) in [6, 6.07) is 1.68. The molecule has 7 heteroatoms. The van der Waals surface area contributed by atoms with Crippen molar-refractivity contribution in [2.75, 3.05) is 24.5 Å². The first-order valence-corrected chi connectivity index (χ1v) is 10.3. The Morgan fingerprint density at radius 3 is 2.73 bits per heavy atom. The Hall–Kier alpha value is -1.21. The fraction of sp³-hybridized carbons (Fsp3) is 0.684. The maximum absolute atomic E-state index is 14.4. The Morgan fingerprint density at radius 1 is 1.23 bits per heavy atom. The number of piperidine rings is 1. The van der Waals surface area contributed by atoms with Crippen molar-refractivity contribution in [1.82, 2.24) is 9.88 Å². The van der Waals surface area contributed by atoms with Crippen LogP contribution >= 0.6 is 15.9 Å². The summed E-state index contributed by atoms with van der Waals surface area (Å²) >= 11 is 3.25. The number of hydrogen-bond acceptors (Lipinski definition) is 4. The normalized spacial score (nSPS) is 32.5. The van der Waals surface area contributed by atoms with Crippen LogP contribution in [0, 0.1) is 11.2 Å². The zero-order chi connectivity index (χ0) is 18.3. The van der Waals surface area contributed by atoms with Crippen LogP contribution in [0.4, 0.5) is 10.2 Å². The number of aliphatic hydroxyl groups excluding tert-OH is 1. The number of likely N-dealkylation sites (tertiary alicyclic amines) is 1. The van der Waals surface area contributed by atoms with E-state index in [0.717, 1.165) is 58.0 Å². The Balaban J connectivity index is 1.50. The fourth-order valence-electron chi connectivity index (χ4n) is 4.90. The van der Waals surface area contributed by atoms with Crippen LogP contribution in [-0.4, -0.2) is 52.7 Å². The molecule has 1 aromatic heterocycles. The zero-order valence-electron chi connectivity index (χ0n) is 14.8. The fourth-order valence-corrected chi connectivity index (χ4v) is 5.20. The van der Waals surface area contributed by atoms with Crippen molar-refractivity contribution in [1.29, 1.82) is 0 Å². The lowest BCUT2D eigenvalue weighted by Gasteiger charge is -2.41. The summed E-state index contributed by atoms with van der Waals surface area (Å²) in [5.74, 6) is 0.223. The Kier molecular flexibility index (Phi) is 4.94. The van der Waals surface area contributed by atoms with Crippen LogP contribution in [0.25, 0.3) is 0 Å². The zero-order valence-corrected chi connectivity index (χ0v) is 16.4. The van der Waals surface area contributed by atoms with Gasteiger partial charge in [0.05, 0.1) is 11.5 Å². The van der Waals surface area contributed by atoms with Gasteiger partial charge in [-0.1, -0.05) is 0 Å². The first-order valence-electron chi connectivity index (χ1n) is 9.54. The second-order valence-corrected chi connectivity index (χ2v) is 8.89. The van der Waals surface area contributed by atoms with Gasteiger partial charge in [-0.2, -0.15) is 0 Å². The molecule has 3 fully saturated rings. The number of anilines is 1. The summed E-state index contributed by atoms with van der Waals surface area (Å²) in [7, 11) is 0. The molecule has 2 aliphatic heterocycles. The maximum atomic E-state index is 14.4. The average molecular weight is 426 g/mol. The van der Waals surface area contributed by atoms with Gasteiger partial charge in [-0.05, 0) is 66.9 Å². The number of rotatable bonds is 2. The molecule has 4 rings (SSSR count). The third-order valence-electron chi connectivity index (χ3n) is 6.32. The average Bonchev–Trinajstić information content (AvgIpc) is 2.92. The molecule has 1 aromatic rings. The first kappa shape index (κ1) is 18.2. The molecule has 5 nitrogen and oxygen atoms in total. The highest BCUT2D eigenvalue weighted by Crippen LogP contribution is 2.43. The van der Waals surface area contributed by atoms with Gasteiger partial charge < -0.3 is 14.9 Å². The molecule has 0 aromatic carbocycles. The van der Waals surface area contributed by atoms with Gasteiger partial charge in [-0.3, -0.25) is 4.79 Å². The number of amides is 1. The third kappa shape index (κ3) is 3.24. The summed E-state index contributed by atoms with van der Waals surface area (Å²) in [6.07, 6.45) is 7.30. The predicted molar refractivity (Wildman–Crippen MR) is 100 cm³/mol. The molecule has 1 saturated carbocycles. The van der Waals surface area contributed by atoms with Crippen molar-refractivity contribution < 1.29 is 14.3 Å². The smallest absolute Gasteiger partial charge is 0.230 e. The van der Waals surface area contributed by atoms with Crippen LogP contribution in [0.15, 0.2) is 16.7 Å². The highest BCUT2D eigenvalue weighted by atomic mass is 79.9. The van der Waals surface area contributed by atoms with E-state index in [1.54, 1.807) is 6.20 Å². The standard InChI is InChI=1S/C19H25BrFN3O2/c20-13-10-16(21)17(22-11-13)23-8-1-6-19(12-23)7-9-24(18(19)26)14-2-4-15(25)5-3-14/h10-11,14-15,25H,1-9,12H2/t14-,15+,19-/m0/s1. The molecular formula is C19H25BrFN3O2. The van der Waals surface area contributed by atoms with Crippen molar-refractivity contribution >= 4 is 27.7 Å². The maximum Gasteiger partial charge on any atom is 0.230 e. The molecule has 1 N–H and O–H groups in total. The molecule has 1 aliphatic carbocycles. The van der Waals surface area contributed by atoms with Crippen LogP contribution in [0.3, 0.4) is 0 Å². The van der Waals surface area contributed by atoms with Crippen LogP contribution < -0.4 is 4.90 Å². The first-order chi connectivity index (χ1) is 12.5. The van der Waals surface area contributed by atoms with Gasteiger partial charge in [0.25, 0.3) is 0 Å². The molecular weight excluding hydrogens is 401 g/mol. The molecule has 1 amide bonds. The Morgan fingerprint density at radius 2 is 2.00 bits per heavy atom. The molecule has 3 aliphatic rings. The van der Waals surface area contributed by atoms with Gasteiger partial charge in [0, 0.05) is 36.3 Å². The minimum absolute atomic E-state index is 0.213. The highest BCUT2D eigenvalue weighted by Gasteiger charge is 2.51. The number of pyridine rings is 1. The third-order valence-corrected chi connectivity index (χ3v) is 6.75. The topological polar surface area (TPSA) is 56.7 Å². The van der Waals surface area contributed by atoms with Crippen LogP contribution in [0.5, 0.6) is 0 Å². The molecule has 1 atom stereocenters. The highest BCUT2D eigenvalue weighted by molar-refractivity contribution is 9.10. The monoisotopic (exact) mass is 425 g/mol. The van der Waals surface area contributed by atoms with E-state index in [9.17, 15) is 14.3 Å².